The summed E-state index contributed by atoms with van der Waals surface area (Å²) in [6.07, 6.45) is 1.89. The normalized spacial score (nSPS) is 15.1. The Balaban J connectivity index is 1.89. The number of urea groups is 1. The molecule has 120 valence electrons. The van der Waals surface area contributed by atoms with Gasteiger partial charge in [0.15, 0.2) is 0 Å². The van der Waals surface area contributed by atoms with E-state index in [9.17, 15) is 9.90 Å². The average molecular weight is 322 g/mol. The lowest BCUT2D eigenvalue weighted by Gasteiger charge is -2.23. The lowest BCUT2D eigenvalue weighted by molar-refractivity contribution is 0.0597. The molecule has 6 nitrogen and oxygen atoms in total. The molecule has 0 bridgehead atoms. The minimum Gasteiger partial charge on any atom is -0.384 e. The maximum atomic E-state index is 12.0. The summed E-state index contributed by atoms with van der Waals surface area (Å²) in [6.45, 7) is 5.64. The van der Waals surface area contributed by atoms with E-state index >= 15 is 0 Å². The van der Waals surface area contributed by atoms with E-state index in [0.717, 1.165) is 16.8 Å². The molecule has 0 spiro atoms. The topological polar surface area (TPSA) is 79.2 Å². The SMILES string of the molecule is Cc1nn(C)cc1[C@H](C)NC(=O)NC[C@@](C)(O)c1ccsc1. The summed E-state index contributed by atoms with van der Waals surface area (Å²) < 4.78 is 1.72. The second kappa shape index (κ2) is 6.50. The van der Waals surface area contributed by atoms with E-state index < -0.39 is 5.60 Å². The van der Waals surface area contributed by atoms with Gasteiger partial charge in [-0.15, -0.1) is 0 Å². The van der Waals surface area contributed by atoms with Crippen LogP contribution in [-0.4, -0.2) is 27.5 Å². The molecule has 0 aliphatic carbocycles. The highest BCUT2D eigenvalue weighted by molar-refractivity contribution is 7.08. The third kappa shape index (κ3) is 3.86. The molecule has 22 heavy (non-hydrogen) atoms. The van der Waals surface area contributed by atoms with E-state index in [4.69, 9.17) is 0 Å². The molecule has 0 saturated heterocycles. The van der Waals surface area contributed by atoms with Crippen molar-refractivity contribution in [1.82, 2.24) is 20.4 Å². The molecule has 0 aliphatic rings. The van der Waals surface area contributed by atoms with Crippen LogP contribution < -0.4 is 10.6 Å². The van der Waals surface area contributed by atoms with Crippen LogP contribution in [0.1, 0.15) is 36.7 Å². The molecule has 3 N–H and O–H groups in total. The fourth-order valence-corrected chi connectivity index (χ4v) is 3.08. The third-order valence-electron chi connectivity index (χ3n) is 3.60. The first-order chi connectivity index (χ1) is 10.3. The Morgan fingerprint density at radius 1 is 1.59 bits per heavy atom. The molecule has 2 aromatic rings. The van der Waals surface area contributed by atoms with Gasteiger partial charge in [0, 0.05) is 18.8 Å². The summed E-state index contributed by atoms with van der Waals surface area (Å²) in [6, 6.07) is 1.39. The van der Waals surface area contributed by atoms with Gasteiger partial charge in [-0.1, -0.05) is 0 Å². The van der Waals surface area contributed by atoms with Crippen LogP contribution in [0.2, 0.25) is 0 Å². The number of thiophene rings is 1. The lowest BCUT2D eigenvalue weighted by Crippen LogP contribution is -2.44. The van der Waals surface area contributed by atoms with Gasteiger partial charge in [0.2, 0.25) is 0 Å². The molecule has 2 heterocycles. The van der Waals surface area contributed by atoms with Crippen LogP contribution in [0.25, 0.3) is 0 Å². The van der Waals surface area contributed by atoms with Crippen LogP contribution in [0, 0.1) is 6.92 Å². The Morgan fingerprint density at radius 2 is 2.32 bits per heavy atom. The van der Waals surface area contributed by atoms with Crippen molar-refractivity contribution in [1.29, 1.82) is 0 Å². The molecule has 2 amide bonds. The predicted octanol–water partition coefficient (Wildman–Crippen LogP) is 2.06. The zero-order valence-corrected chi connectivity index (χ0v) is 14.1. The number of carbonyl (C=O) groups is 1. The number of carbonyl (C=O) groups excluding carboxylic acids is 1. The van der Waals surface area contributed by atoms with Gasteiger partial charge >= 0.3 is 6.03 Å². The fraction of sp³-hybridized carbons (Fsp3) is 0.467. The van der Waals surface area contributed by atoms with Crippen LogP contribution in [-0.2, 0) is 12.6 Å². The smallest absolute Gasteiger partial charge is 0.315 e. The second-order valence-electron chi connectivity index (χ2n) is 5.68. The summed E-state index contributed by atoms with van der Waals surface area (Å²) >= 11 is 1.51. The molecule has 2 atom stereocenters. The van der Waals surface area contributed by atoms with E-state index in [2.05, 4.69) is 15.7 Å². The van der Waals surface area contributed by atoms with Crippen LogP contribution in [0.4, 0.5) is 4.79 Å². The zero-order valence-electron chi connectivity index (χ0n) is 13.3. The highest BCUT2D eigenvalue weighted by atomic mass is 32.1. The van der Waals surface area contributed by atoms with Crippen molar-refractivity contribution < 1.29 is 9.90 Å². The summed E-state index contributed by atoms with van der Waals surface area (Å²) in [7, 11) is 1.85. The number of amides is 2. The molecule has 0 fully saturated rings. The maximum Gasteiger partial charge on any atom is 0.315 e. The quantitative estimate of drug-likeness (QED) is 0.788. The Labute approximate surface area is 134 Å². The van der Waals surface area contributed by atoms with E-state index in [1.54, 1.807) is 11.6 Å². The van der Waals surface area contributed by atoms with E-state index in [1.165, 1.54) is 11.3 Å². The summed E-state index contributed by atoms with van der Waals surface area (Å²) in [5, 5.41) is 24.0. The van der Waals surface area contributed by atoms with Gasteiger partial charge in [-0.3, -0.25) is 4.68 Å². The Kier molecular flexibility index (Phi) is 4.87. The molecule has 2 rings (SSSR count). The van der Waals surface area contributed by atoms with Crippen molar-refractivity contribution in [3.63, 3.8) is 0 Å². The van der Waals surface area contributed by atoms with Crippen molar-refractivity contribution in [2.24, 2.45) is 7.05 Å². The standard InChI is InChI=1S/C15H22N4O2S/c1-10(13-7-19(4)18-11(13)2)17-14(20)16-9-15(3,21)12-5-6-22-8-12/h5-8,10,21H,9H2,1-4H3,(H2,16,17,20)/t10-,15+/m0/s1. The lowest BCUT2D eigenvalue weighted by atomic mass is 9.99. The van der Waals surface area contributed by atoms with E-state index in [0.29, 0.717) is 0 Å². The van der Waals surface area contributed by atoms with Gasteiger partial charge in [-0.25, -0.2) is 4.79 Å². The van der Waals surface area contributed by atoms with Crippen molar-refractivity contribution in [2.45, 2.75) is 32.4 Å². The highest BCUT2D eigenvalue weighted by Crippen LogP contribution is 2.22. The van der Waals surface area contributed by atoms with Crippen LogP contribution in [0.15, 0.2) is 23.0 Å². The molecule has 0 radical (unpaired) electrons. The molecule has 0 aliphatic heterocycles. The largest absolute Gasteiger partial charge is 0.384 e. The molecular weight excluding hydrogens is 300 g/mol. The summed E-state index contributed by atoms with van der Waals surface area (Å²) in [5.74, 6) is 0. The predicted molar refractivity (Wildman–Crippen MR) is 86.8 cm³/mol. The molecular formula is C15H22N4O2S. The third-order valence-corrected chi connectivity index (χ3v) is 4.29. The summed E-state index contributed by atoms with van der Waals surface area (Å²) in [4.78, 5) is 12.0. The highest BCUT2D eigenvalue weighted by Gasteiger charge is 2.24. The first kappa shape index (κ1) is 16.5. The van der Waals surface area contributed by atoms with Crippen LogP contribution in [0.3, 0.4) is 0 Å². The fourth-order valence-electron chi connectivity index (χ4n) is 2.29. The van der Waals surface area contributed by atoms with Crippen molar-refractivity contribution in [3.8, 4) is 0 Å². The number of aryl methyl sites for hydroxylation is 2. The van der Waals surface area contributed by atoms with Gasteiger partial charge in [-0.05, 0) is 43.2 Å². The van der Waals surface area contributed by atoms with Gasteiger partial charge in [0.1, 0.15) is 5.60 Å². The minimum absolute atomic E-state index is 0.147. The number of aliphatic hydroxyl groups is 1. The van der Waals surface area contributed by atoms with Crippen molar-refractivity contribution in [3.05, 3.63) is 39.8 Å². The molecule has 0 unspecified atom stereocenters. The monoisotopic (exact) mass is 322 g/mol. The molecule has 7 heteroatoms. The number of nitrogens with one attached hydrogen (secondary N) is 2. The van der Waals surface area contributed by atoms with Gasteiger partial charge in [0.05, 0.1) is 18.3 Å². The number of nitrogens with zero attached hydrogens (tertiary/aromatic N) is 2. The second-order valence-corrected chi connectivity index (χ2v) is 6.46. The van der Waals surface area contributed by atoms with Gasteiger partial charge < -0.3 is 15.7 Å². The van der Waals surface area contributed by atoms with Crippen LogP contribution >= 0.6 is 11.3 Å². The molecule has 0 saturated carbocycles. The molecule has 0 aromatic carbocycles. The Morgan fingerprint density at radius 3 is 2.86 bits per heavy atom. The maximum absolute atomic E-state index is 12.0. The first-order valence-electron chi connectivity index (χ1n) is 7.09. The number of aromatic nitrogens is 2. The van der Waals surface area contributed by atoms with Crippen molar-refractivity contribution in [2.75, 3.05) is 6.54 Å². The van der Waals surface area contributed by atoms with Gasteiger partial charge in [-0.2, -0.15) is 16.4 Å². The number of hydrogen-bond acceptors (Lipinski definition) is 4. The zero-order chi connectivity index (χ0) is 16.3. The van der Waals surface area contributed by atoms with E-state index in [-0.39, 0.29) is 18.6 Å². The summed E-state index contributed by atoms with van der Waals surface area (Å²) in [5.41, 5.74) is 1.59. The minimum atomic E-state index is -1.08. The first-order valence-corrected chi connectivity index (χ1v) is 8.03. The van der Waals surface area contributed by atoms with Crippen LogP contribution in [0.5, 0.6) is 0 Å². The number of hydrogen-bond donors (Lipinski definition) is 3. The average Bonchev–Trinajstić information content (AvgIpc) is 3.06. The molecule has 2 aromatic heterocycles. The van der Waals surface area contributed by atoms with E-state index in [1.807, 2.05) is 43.9 Å². The van der Waals surface area contributed by atoms with Gasteiger partial charge in [0.25, 0.3) is 0 Å². The Hall–Kier alpha value is -1.86. The van der Waals surface area contributed by atoms with Crippen molar-refractivity contribution >= 4 is 17.4 Å². The number of rotatable bonds is 5. The Bertz CT molecular complexity index is 634.